The van der Waals surface area contributed by atoms with Crippen molar-refractivity contribution in [3.05, 3.63) is 45.9 Å². The Morgan fingerprint density at radius 3 is 2.56 bits per heavy atom. The van der Waals surface area contributed by atoms with Gasteiger partial charge in [-0.3, -0.25) is 0 Å². The molecule has 0 aliphatic carbocycles. The highest BCUT2D eigenvalue weighted by atomic mass is 79.9. The highest BCUT2D eigenvalue weighted by molar-refractivity contribution is 9.10. The van der Waals surface area contributed by atoms with E-state index in [1.807, 2.05) is 20.9 Å². The van der Waals surface area contributed by atoms with E-state index in [0.717, 1.165) is 29.2 Å². The number of piperidine rings is 1. The topological polar surface area (TPSA) is 62.8 Å². The summed E-state index contributed by atoms with van der Waals surface area (Å²) in [5.41, 5.74) is 0.0381. The number of rotatable bonds is 4. The van der Waals surface area contributed by atoms with Gasteiger partial charge in [-0.2, -0.15) is 13.2 Å². The molecule has 4 rings (SSSR count). The lowest BCUT2D eigenvalue weighted by Gasteiger charge is -2.30. The minimum atomic E-state index is -4.62. The number of amides is 2. The molecule has 2 heterocycles. The van der Waals surface area contributed by atoms with Gasteiger partial charge in [-0.1, -0.05) is 15.9 Å². The lowest BCUT2D eigenvalue weighted by atomic mass is 10.0. The summed E-state index contributed by atoms with van der Waals surface area (Å²) in [6, 6.07) is 6.38. The van der Waals surface area contributed by atoms with Gasteiger partial charge < -0.3 is 25.0 Å². The number of carbonyl (C=O) groups excluding carboxylic acids is 1. The third kappa shape index (κ3) is 5.60. The van der Waals surface area contributed by atoms with Crippen LogP contribution in [0.5, 0.6) is 11.5 Å². The molecule has 2 amide bonds. The summed E-state index contributed by atoms with van der Waals surface area (Å²) in [7, 11) is 1.97. The molecule has 0 spiro atoms. The van der Waals surface area contributed by atoms with Crippen LogP contribution in [-0.4, -0.2) is 42.8 Å². The van der Waals surface area contributed by atoms with Crippen molar-refractivity contribution in [3.63, 3.8) is 0 Å². The second-order valence-electron chi connectivity index (χ2n) is 9.35. The number of urea groups is 1. The molecular formula is C24H27BrF3N3O3. The van der Waals surface area contributed by atoms with E-state index in [0.29, 0.717) is 30.7 Å². The zero-order valence-corrected chi connectivity index (χ0v) is 20.8. The van der Waals surface area contributed by atoms with E-state index >= 15 is 0 Å². The summed E-state index contributed by atoms with van der Waals surface area (Å²) in [6.07, 6.45) is -2.92. The van der Waals surface area contributed by atoms with E-state index in [9.17, 15) is 18.0 Å². The molecular weight excluding hydrogens is 515 g/mol. The van der Waals surface area contributed by atoms with Crippen molar-refractivity contribution in [2.45, 2.75) is 51.0 Å². The third-order valence-electron chi connectivity index (χ3n) is 5.93. The molecule has 2 aliphatic heterocycles. The van der Waals surface area contributed by atoms with Crippen LogP contribution in [0.3, 0.4) is 0 Å². The first-order chi connectivity index (χ1) is 15.9. The first-order valence-electron chi connectivity index (χ1n) is 11.1. The third-order valence-corrected chi connectivity index (χ3v) is 6.68. The first kappa shape index (κ1) is 24.7. The van der Waals surface area contributed by atoms with Crippen LogP contribution in [0.25, 0.3) is 0 Å². The largest absolute Gasteiger partial charge is 0.490 e. The van der Waals surface area contributed by atoms with E-state index in [4.69, 9.17) is 9.47 Å². The number of halogens is 4. The number of alkyl halides is 3. The normalized spacial score (nSPS) is 18.2. The van der Waals surface area contributed by atoms with Crippen LogP contribution in [0.1, 0.15) is 37.8 Å². The summed E-state index contributed by atoms with van der Waals surface area (Å²) >= 11 is 3.50. The van der Waals surface area contributed by atoms with Gasteiger partial charge in [0.25, 0.3) is 0 Å². The maximum absolute atomic E-state index is 13.8. The molecule has 10 heteroatoms. The molecule has 6 nitrogen and oxygen atoms in total. The molecule has 0 bridgehead atoms. The molecule has 2 aliphatic rings. The second kappa shape index (κ2) is 9.30. The lowest BCUT2D eigenvalue weighted by Crippen LogP contribution is -2.36. The lowest BCUT2D eigenvalue weighted by molar-refractivity contribution is -0.139. The van der Waals surface area contributed by atoms with Gasteiger partial charge >= 0.3 is 12.2 Å². The Bertz CT molecular complexity index is 1080. The van der Waals surface area contributed by atoms with Gasteiger partial charge in [0, 0.05) is 35.2 Å². The molecule has 184 valence electrons. The zero-order valence-electron chi connectivity index (χ0n) is 19.2. The number of likely N-dealkylation sites (tertiary alicyclic amines) is 1. The number of ether oxygens (including phenoxy) is 2. The Hall–Kier alpha value is -2.46. The summed E-state index contributed by atoms with van der Waals surface area (Å²) in [5.74, 6) is 0.321. The van der Waals surface area contributed by atoms with Crippen molar-refractivity contribution in [2.75, 3.05) is 30.8 Å². The van der Waals surface area contributed by atoms with Crippen molar-refractivity contribution in [3.8, 4) is 11.5 Å². The fraction of sp³-hybridized carbons (Fsp3) is 0.458. The number of nitrogens with zero attached hydrogens (tertiary/aromatic N) is 1. The monoisotopic (exact) mass is 541 g/mol. The predicted octanol–water partition coefficient (Wildman–Crippen LogP) is 6.30. The smallest absolute Gasteiger partial charge is 0.420 e. The van der Waals surface area contributed by atoms with Crippen molar-refractivity contribution < 1.29 is 27.4 Å². The Morgan fingerprint density at radius 1 is 1.18 bits per heavy atom. The maximum atomic E-state index is 13.8. The van der Waals surface area contributed by atoms with Gasteiger partial charge in [-0.15, -0.1) is 0 Å². The van der Waals surface area contributed by atoms with Gasteiger partial charge in [-0.05, 0) is 64.1 Å². The SMILES string of the molecule is CN1CCC(Oc2ccc(NC(=O)Nc3ccc(Br)c4c3OC(C)(C)C4)cc2C(F)(F)F)CC1. The maximum Gasteiger partial charge on any atom is 0.420 e. The summed E-state index contributed by atoms with van der Waals surface area (Å²) in [5, 5.41) is 5.17. The number of hydrogen-bond donors (Lipinski definition) is 2. The number of nitrogens with one attached hydrogen (secondary N) is 2. The van der Waals surface area contributed by atoms with Crippen LogP contribution >= 0.6 is 15.9 Å². The molecule has 2 aromatic carbocycles. The quantitative estimate of drug-likeness (QED) is 0.476. The summed E-state index contributed by atoms with van der Waals surface area (Å²) in [4.78, 5) is 14.7. The molecule has 0 atom stereocenters. The number of hydrogen-bond acceptors (Lipinski definition) is 4. The standard InChI is InChI=1S/C24H27BrF3N3O3/c1-23(2)13-16-18(25)5-6-19(21(16)34-23)30-22(32)29-14-4-7-20(17(12-14)24(26,27)28)33-15-8-10-31(3)11-9-15/h4-7,12,15H,8-11,13H2,1-3H3,(H2,29,30,32). The van der Waals surface area contributed by atoms with Crippen LogP contribution in [0.2, 0.25) is 0 Å². The van der Waals surface area contributed by atoms with Crippen molar-refractivity contribution >= 4 is 33.3 Å². The van der Waals surface area contributed by atoms with Gasteiger partial charge in [0.1, 0.15) is 23.2 Å². The van der Waals surface area contributed by atoms with E-state index in [1.165, 1.54) is 12.1 Å². The number of fused-ring (bicyclic) bond motifs is 1. The molecule has 0 radical (unpaired) electrons. The summed E-state index contributed by atoms with van der Waals surface area (Å²) < 4.78 is 53.8. The Kier molecular flexibility index (Phi) is 6.74. The zero-order chi connectivity index (χ0) is 24.7. The molecule has 2 aromatic rings. The van der Waals surface area contributed by atoms with Crippen LogP contribution in [0, 0.1) is 0 Å². The average Bonchev–Trinajstić information content (AvgIpc) is 3.08. The molecule has 1 saturated heterocycles. The molecule has 1 fully saturated rings. The molecule has 2 N–H and O–H groups in total. The van der Waals surface area contributed by atoms with Crippen molar-refractivity contribution in [2.24, 2.45) is 0 Å². The molecule has 0 saturated carbocycles. The summed E-state index contributed by atoms with van der Waals surface area (Å²) in [6.45, 7) is 5.42. The molecule has 0 unspecified atom stereocenters. The minimum absolute atomic E-state index is 0.00978. The Morgan fingerprint density at radius 2 is 1.88 bits per heavy atom. The second-order valence-corrected chi connectivity index (χ2v) is 10.2. The highest BCUT2D eigenvalue weighted by Gasteiger charge is 2.36. The highest BCUT2D eigenvalue weighted by Crippen LogP contribution is 2.44. The van der Waals surface area contributed by atoms with Crippen LogP contribution in [-0.2, 0) is 12.6 Å². The van der Waals surface area contributed by atoms with Crippen LogP contribution in [0.4, 0.5) is 29.3 Å². The van der Waals surface area contributed by atoms with Crippen LogP contribution in [0.15, 0.2) is 34.8 Å². The van der Waals surface area contributed by atoms with Crippen molar-refractivity contribution in [1.29, 1.82) is 0 Å². The van der Waals surface area contributed by atoms with Crippen molar-refractivity contribution in [1.82, 2.24) is 4.90 Å². The Labute approximate surface area is 204 Å². The number of benzene rings is 2. The van der Waals surface area contributed by atoms with E-state index in [1.54, 1.807) is 12.1 Å². The predicted molar refractivity (Wildman–Crippen MR) is 128 cm³/mol. The average molecular weight is 542 g/mol. The number of anilines is 2. The van der Waals surface area contributed by atoms with Gasteiger partial charge in [0.15, 0.2) is 0 Å². The first-order valence-corrected chi connectivity index (χ1v) is 11.9. The van der Waals surface area contributed by atoms with Gasteiger partial charge in [-0.25, -0.2) is 4.79 Å². The van der Waals surface area contributed by atoms with Gasteiger partial charge in [0.05, 0.1) is 11.3 Å². The Balaban J connectivity index is 1.49. The fourth-order valence-corrected chi connectivity index (χ4v) is 4.67. The van der Waals surface area contributed by atoms with Gasteiger partial charge in [0.2, 0.25) is 0 Å². The van der Waals surface area contributed by atoms with E-state index in [-0.39, 0.29) is 17.5 Å². The van der Waals surface area contributed by atoms with E-state index in [2.05, 4.69) is 31.5 Å². The molecule has 0 aromatic heterocycles. The molecule has 34 heavy (non-hydrogen) atoms. The van der Waals surface area contributed by atoms with E-state index < -0.39 is 23.4 Å². The fourth-order valence-electron chi connectivity index (χ4n) is 4.22. The number of carbonyl (C=O) groups is 1. The van der Waals surface area contributed by atoms with Crippen LogP contribution < -0.4 is 20.1 Å². The minimum Gasteiger partial charge on any atom is -0.490 e.